The Hall–Kier alpha value is -1.42. The van der Waals surface area contributed by atoms with Crippen molar-refractivity contribution in [3.63, 3.8) is 0 Å². The second-order valence-corrected chi connectivity index (χ2v) is 3.79. The Morgan fingerprint density at radius 3 is 3.00 bits per heavy atom. The third-order valence-electron chi connectivity index (χ3n) is 2.40. The number of nitrogens with one attached hydrogen (secondary N) is 1. The summed E-state index contributed by atoms with van der Waals surface area (Å²) < 4.78 is 5.16. The van der Waals surface area contributed by atoms with E-state index >= 15 is 0 Å². The fourth-order valence-electron chi connectivity index (χ4n) is 1.49. The minimum absolute atomic E-state index is 0.0915. The van der Waals surface area contributed by atoms with Crippen LogP contribution in [-0.4, -0.2) is 24.1 Å². The van der Waals surface area contributed by atoms with Gasteiger partial charge in [0.25, 0.3) is 0 Å². The van der Waals surface area contributed by atoms with E-state index in [0.29, 0.717) is 13.2 Å². The summed E-state index contributed by atoms with van der Waals surface area (Å²) in [5, 5.41) is 2.81. The van der Waals surface area contributed by atoms with Crippen LogP contribution in [0.1, 0.15) is 31.5 Å². The zero-order valence-corrected chi connectivity index (χ0v) is 10.5. The van der Waals surface area contributed by atoms with Crippen LogP contribution >= 0.6 is 0 Å². The number of aryl methyl sites for hydroxylation is 1. The quantitative estimate of drug-likeness (QED) is 0.733. The van der Waals surface area contributed by atoms with Crippen LogP contribution in [0.15, 0.2) is 18.3 Å². The Morgan fingerprint density at radius 1 is 1.47 bits per heavy atom. The molecule has 1 aromatic rings. The van der Waals surface area contributed by atoms with Crippen LogP contribution in [0.5, 0.6) is 0 Å². The maximum atomic E-state index is 11.4. The van der Waals surface area contributed by atoms with Gasteiger partial charge in [-0.25, -0.2) is 0 Å². The summed E-state index contributed by atoms with van der Waals surface area (Å²) in [4.78, 5) is 15.7. The molecule has 0 atom stereocenters. The average molecular weight is 236 g/mol. The maximum absolute atomic E-state index is 11.4. The van der Waals surface area contributed by atoms with Gasteiger partial charge >= 0.3 is 0 Å². The number of carbonyl (C=O) groups excluding carboxylic acids is 1. The minimum atomic E-state index is -0.0915. The van der Waals surface area contributed by atoms with Gasteiger partial charge in [0.1, 0.15) is 6.61 Å². The summed E-state index contributed by atoms with van der Waals surface area (Å²) in [7, 11) is 0. The van der Waals surface area contributed by atoms with Crippen LogP contribution in [0.4, 0.5) is 0 Å². The number of hydrogen-bond donors (Lipinski definition) is 1. The molecule has 1 N–H and O–H groups in total. The monoisotopic (exact) mass is 236 g/mol. The molecule has 0 radical (unpaired) electrons. The van der Waals surface area contributed by atoms with E-state index < -0.39 is 0 Å². The van der Waals surface area contributed by atoms with Crippen LogP contribution in [0.2, 0.25) is 0 Å². The second kappa shape index (κ2) is 7.79. The van der Waals surface area contributed by atoms with E-state index in [2.05, 4.69) is 17.2 Å². The summed E-state index contributed by atoms with van der Waals surface area (Å²) in [5.74, 6) is -0.0915. The first kappa shape index (κ1) is 13.6. The third-order valence-corrected chi connectivity index (χ3v) is 2.40. The van der Waals surface area contributed by atoms with E-state index in [4.69, 9.17) is 4.74 Å². The molecule has 0 aliphatic carbocycles. The molecule has 17 heavy (non-hydrogen) atoms. The van der Waals surface area contributed by atoms with Crippen LogP contribution in [0.25, 0.3) is 0 Å². The van der Waals surface area contributed by atoms with E-state index in [1.165, 1.54) is 5.56 Å². The molecule has 0 fully saturated rings. The van der Waals surface area contributed by atoms with E-state index in [0.717, 1.165) is 18.5 Å². The average Bonchev–Trinajstić information content (AvgIpc) is 2.37. The van der Waals surface area contributed by atoms with Crippen LogP contribution in [-0.2, 0) is 22.5 Å². The van der Waals surface area contributed by atoms with Crippen molar-refractivity contribution < 1.29 is 9.53 Å². The second-order valence-electron chi connectivity index (χ2n) is 3.79. The predicted molar refractivity (Wildman–Crippen MR) is 66.6 cm³/mol. The van der Waals surface area contributed by atoms with Gasteiger partial charge in [-0.05, 0) is 24.5 Å². The summed E-state index contributed by atoms with van der Waals surface area (Å²) in [6, 6.07) is 3.94. The molecular formula is C13H20N2O2. The van der Waals surface area contributed by atoms with Crippen molar-refractivity contribution in [1.82, 2.24) is 10.3 Å². The van der Waals surface area contributed by atoms with Gasteiger partial charge in [0.05, 0.1) is 12.2 Å². The van der Waals surface area contributed by atoms with Gasteiger partial charge in [0.2, 0.25) is 5.91 Å². The van der Waals surface area contributed by atoms with Gasteiger partial charge in [0, 0.05) is 12.8 Å². The largest absolute Gasteiger partial charge is 0.372 e. The first-order chi connectivity index (χ1) is 8.27. The number of ether oxygens (including phenoxy) is 1. The van der Waals surface area contributed by atoms with Crippen molar-refractivity contribution in [3.05, 3.63) is 29.6 Å². The predicted octanol–water partition coefficient (Wildman–Crippen LogP) is 1.69. The molecule has 0 bridgehead atoms. The van der Waals surface area contributed by atoms with Crippen molar-refractivity contribution >= 4 is 5.91 Å². The molecule has 94 valence electrons. The first-order valence-electron chi connectivity index (χ1n) is 6.05. The highest BCUT2D eigenvalue weighted by molar-refractivity contribution is 5.77. The fourth-order valence-corrected chi connectivity index (χ4v) is 1.49. The molecule has 0 aliphatic heterocycles. The molecule has 0 saturated carbocycles. The number of carbonyl (C=O) groups is 1. The summed E-state index contributed by atoms with van der Waals surface area (Å²) >= 11 is 0. The van der Waals surface area contributed by atoms with Crippen LogP contribution in [0.3, 0.4) is 0 Å². The Bertz CT molecular complexity index is 353. The van der Waals surface area contributed by atoms with Gasteiger partial charge in [-0.15, -0.1) is 0 Å². The van der Waals surface area contributed by atoms with Crippen molar-refractivity contribution in [3.8, 4) is 0 Å². The topological polar surface area (TPSA) is 51.2 Å². The number of rotatable bonds is 7. The fraction of sp³-hybridized carbons (Fsp3) is 0.538. The molecule has 4 heteroatoms. The summed E-state index contributed by atoms with van der Waals surface area (Å²) in [6.45, 7) is 5.31. The van der Waals surface area contributed by atoms with Crippen molar-refractivity contribution in [2.75, 3.05) is 13.2 Å². The Morgan fingerprint density at radius 2 is 2.29 bits per heavy atom. The Kier molecular flexibility index (Phi) is 6.25. The van der Waals surface area contributed by atoms with Gasteiger partial charge in [-0.3, -0.25) is 9.78 Å². The lowest BCUT2D eigenvalue weighted by Gasteiger charge is -2.08. The minimum Gasteiger partial charge on any atom is -0.372 e. The van der Waals surface area contributed by atoms with Gasteiger partial charge in [0.15, 0.2) is 0 Å². The maximum Gasteiger partial charge on any atom is 0.246 e. The van der Waals surface area contributed by atoms with Crippen LogP contribution < -0.4 is 5.32 Å². The first-order valence-corrected chi connectivity index (χ1v) is 6.05. The molecule has 0 spiro atoms. The van der Waals surface area contributed by atoms with Gasteiger partial charge in [-0.1, -0.05) is 19.9 Å². The molecule has 1 heterocycles. The number of pyridine rings is 1. The van der Waals surface area contributed by atoms with E-state index in [-0.39, 0.29) is 12.5 Å². The molecule has 0 unspecified atom stereocenters. The van der Waals surface area contributed by atoms with Crippen molar-refractivity contribution in [2.45, 2.75) is 33.2 Å². The number of amides is 1. The van der Waals surface area contributed by atoms with Crippen LogP contribution in [0, 0.1) is 0 Å². The zero-order chi connectivity index (χ0) is 12.5. The molecule has 0 aliphatic rings. The van der Waals surface area contributed by atoms with Crippen molar-refractivity contribution in [2.24, 2.45) is 0 Å². The molecule has 0 aromatic carbocycles. The molecule has 1 amide bonds. The van der Waals surface area contributed by atoms with E-state index in [9.17, 15) is 4.79 Å². The van der Waals surface area contributed by atoms with Gasteiger partial charge in [-0.2, -0.15) is 0 Å². The molecule has 4 nitrogen and oxygen atoms in total. The highest BCUT2D eigenvalue weighted by Gasteiger charge is 2.04. The zero-order valence-electron chi connectivity index (χ0n) is 10.5. The molecule has 0 saturated heterocycles. The Labute approximate surface area is 102 Å². The highest BCUT2D eigenvalue weighted by atomic mass is 16.5. The third kappa shape index (κ3) is 4.95. The van der Waals surface area contributed by atoms with Crippen molar-refractivity contribution in [1.29, 1.82) is 0 Å². The van der Waals surface area contributed by atoms with E-state index in [1.807, 2.05) is 19.1 Å². The lowest BCUT2D eigenvalue weighted by atomic mass is 10.1. The summed E-state index contributed by atoms with van der Waals surface area (Å²) in [5.41, 5.74) is 2.10. The summed E-state index contributed by atoms with van der Waals surface area (Å²) in [6.07, 6.45) is 3.59. The molecule has 1 rings (SSSR count). The normalized spacial score (nSPS) is 10.2. The molecular weight excluding hydrogens is 216 g/mol. The smallest absolute Gasteiger partial charge is 0.246 e. The molecule has 1 aromatic heterocycles. The SMILES string of the molecule is CCCOCC(=O)NCc1ncccc1CC. The number of nitrogens with zero attached hydrogens (tertiary/aromatic N) is 1. The highest BCUT2D eigenvalue weighted by Crippen LogP contribution is 2.05. The van der Waals surface area contributed by atoms with E-state index in [1.54, 1.807) is 6.20 Å². The Balaban J connectivity index is 2.36. The number of hydrogen-bond acceptors (Lipinski definition) is 3. The number of aromatic nitrogens is 1. The lowest BCUT2D eigenvalue weighted by Crippen LogP contribution is -2.28. The van der Waals surface area contributed by atoms with Gasteiger partial charge < -0.3 is 10.1 Å². The lowest BCUT2D eigenvalue weighted by molar-refractivity contribution is -0.125. The standard InChI is InChI=1S/C13H20N2O2/c1-3-8-17-10-13(16)15-9-12-11(4-2)6-5-7-14-12/h5-7H,3-4,8-10H2,1-2H3,(H,15,16).